The number of likely N-dealkylation sites (N-methyl/N-ethyl adjacent to an activating group) is 1. The normalized spacial score (nSPS) is 16.9. The third-order valence-corrected chi connectivity index (χ3v) is 4.84. The van der Waals surface area contributed by atoms with Crippen molar-refractivity contribution >= 4 is 5.91 Å². The van der Waals surface area contributed by atoms with Crippen LogP contribution in [0.5, 0.6) is 11.5 Å². The summed E-state index contributed by atoms with van der Waals surface area (Å²) < 4.78 is 24.5. The largest absolute Gasteiger partial charge is 0.486 e. The van der Waals surface area contributed by atoms with Gasteiger partial charge in [-0.05, 0) is 55.3 Å². The Labute approximate surface area is 158 Å². The van der Waals surface area contributed by atoms with Crippen LogP contribution < -0.4 is 14.8 Å². The Hall–Kier alpha value is -2.60. The molecular weight excluding hydrogens is 347 g/mol. The van der Waals surface area contributed by atoms with Crippen LogP contribution in [0.1, 0.15) is 30.0 Å². The fourth-order valence-corrected chi connectivity index (χ4v) is 3.32. The van der Waals surface area contributed by atoms with E-state index in [9.17, 15) is 9.18 Å². The quantitative estimate of drug-likeness (QED) is 0.849. The minimum atomic E-state index is -0.487. The van der Waals surface area contributed by atoms with E-state index in [1.807, 2.05) is 30.1 Å². The summed E-state index contributed by atoms with van der Waals surface area (Å²) in [6, 6.07) is 11.7. The third kappa shape index (κ3) is 4.22. The molecule has 1 saturated carbocycles. The van der Waals surface area contributed by atoms with E-state index in [1.54, 1.807) is 12.1 Å². The minimum absolute atomic E-state index is 0.0517. The average Bonchev–Trinajstić information content (AvgIpc) is 3.47. The summed E-state index contributed by atoms with van der Waals surface area (Å²) in [5.74, 6) is 1.11. The lowest BCUT2D eigenvalue weighted by Gasteiger charge is -2.28. The van der Waals surface area contributed by atoms with Crippen LogP contribution in [0.15, 0.2) is 42.5 Å². The molecule has 1 atom stereocenters. The molecule has 142 valence electrons. The van der Waals surface area contributed by atoms with Crippen LogP contribution in [0.2, 0.25) is 0 Å². The first-order chi connectivity index (χ1) is 13.1. The number of rotatable bonds is 6. The van der Waals surface area contributed by atoms with E-state index >= 15 is 0 Å². The number of fused-ring (bicyclic) bond motifs is 1. The Balaban J connectivity index is 1.55. The molecular formula is C21H23FN2O3. The zero-order valence-corrected chi connectivity index (χ0v) is 15.3. The van der Waals surface area contributed by atoms with Crippen molar-refractivity contribution in [3.8, 4) is 11.5 Å². The molecule has 0 saturated heterocycles. The Kier molecular flexibility index (Phi) is 4.99. The van der Waals surface area contributed by atoms with E-state index in [2.05, 4.69) is 5.32 Å². The summed E-state index contributed by atoms with van der Waals surface area (Å²) in [5, 5.41) is 3.06. The number of carbonyl (C=O) groups excluding carboxylic acids is 1. The molecule has 2 aromatic rings. The number of hydrogen-bond acceptors (Lipinski definition) is 4. The van der Waals surface area contributed by atoms with Crippen molar-refractivity contribution in [3.05, 3.63) is 59.4 Å². The van der Waals surface area contributed by atoms with E-state index in [4.69, 9.17) is 9.47 Å². The topological polar surface area (TPSA) is 50.8 Å². The van der Waals surface area contributed by atoms with Gasteiger partial charge in [-0.1, -0.05) is 18.2 Å². The van der Waals surface area contributed by atoms with Crippen molar-refractivity contribution in [1.29, 1.82) is 0 Å². The zero-order valence-electron chi connectivity index (χ0n) is 15.3. The van der Waals surface area contributed by atoms with Gasteiger partial charge in [0.25, 0.3) is 0 Å². The van der Waals surface area contributed by atoms with Gasteiger partial charge in [0.05, 0.1) is 0 Å². The Morgan fingerprint density at radius 1 is 1.15 bits per heavy atom. The van der Waals surface area contributed by atoms with Gasteiger partial charge in [0.15, 0.2) is 11.5 Å². The highest BCUT2D eigenvalue weighted by molar-refractivity contribution is 5.83. The summed E-state index contributed by atoms with van der Waals surface area (Å²) >= 11 is 0. The summed E-state index contributed by atoms with van der Waals surface area (Å²) in [7, 11) is 1.90. The van der Waals surface area contributed by atoms with Gasteiger partial charge in [-0.25, -0.2) is 4.39 Å². The predicted molar refractivity (Wildman–Crippen MR) is 99.2 cm³/mol. The second-order valence-electron chi connectivity index (χ2n) is 7.13. The number of benzene rings is 2. The third-order valence-electron chi connectivity index (χ3n) is 4.84. The monoisotopic (exact) mass is 370 g/mol. The summed E-state index contributed by atoms with van der Waals surface area (Å²) in [4.78, 5) is 14.8. The molecule has 0 spiro atoms. The molecule has 1 aliphatic heterocycles. The number of ether oxygens (including phenoxy) is 2. The maximum Gasteiger partial charge on any atom is 0.242 e. The lowest BCUT2D eigenvalue weighted by Crippen LogP contribution is -2.39. The van der Waals surface area contributed by atoms with Crippen LogP contribution in [0.4, 0.5) is 4.39 Å². The summed E-state index contributed by atoms with van der Waals surface area (Å²) in [6.07, 6.45) is 2.04. The van der Waals surface area contributed by atoms with Gasteiger partial charge >= 0.3 is 0 Å². The lowest BCUT2D eigenvalue weighted by molar-refractivity contribution is -0.126. The molecule has 0 bridgehead atoms. The van der Waals surface area contributed by atoms with Crippen LogP contribution in [-0.2, 0) is 11.3 Å². The molecule has 1 aliphatic carbocycles. The molecule has 4 rings (SSSR count). The number of halogens is 1. The first-order valence-electron chi connectivity index (χ1n) is 9.25. The molecule has 6 heteroatoms. The highest BCUT2D eigenvalue weighted by Gasteiger charge is 2.31. The van der Waals surface area contributed by atoms with Crippen molar-refractivity contribution < 1.29 is 18.7 Å². The number of amides is 1. The predicted octanol–water partition coefficient (Wildman–Crippen LogP) is 3.05. The number of nitrogens with one attached hydrogen (secondary N) is 1. The summed E-state index contributed by atoms with van der Waals surface area (Å²) in [6.45, 7) is 1.64. The fourth-order valence-electron chi connectivity index (χ4n) is 3.32. The van der Waals surface area contributed by atoms with Crippen LogP contribution in [0.25, 0.3) is 0 Å². The van der Waals surface area contributed by atoms with Crippen molar-refractivity contribution in [2.24, 2.45) is 0 Å². The Morgan fingerprint density at radius 2 is 1.85 bits per heavy atom. The second-order valence-corrected chi connectivity index (χ2v) is 7.13. The van der Waals surface area contributed by atoms with E-state index in [-0.39, 0.29) is 17.8 Å². The molecule has 0 aromatic heterocycles. The van der Waals surface area contributed by atoms with Gasteiger partial charge in [-0.3, -0.25) is 9.69 Å². The number of nitrogens with zero attached hydrogens (tertiary/aromatic N) is 1. The number of hydrogen-bond donors (Lipinski definition) is 1. The van der Waals surface area contributed by atoms with E-state index in [0.29, 0.717) is 19.8 Å². The summed E-state index contributed by atoms with van der Waals surface area (Å²) in [5.41, 5.74) is 1.79. The molecule has 1 N–H and O–H groups in total. The molecule has 2 aromatic carbocycles. The lowest BCUT2D eigenvalue weighted by atomic mass is 10.0. The van der Waals surface area contributed by atoms with Gasteiger partial charge < -0.3 is 14.8 Å². The van der Waals surface area contributed by atoms with Gasteiger partial charge in [-0.2, -0.15) is 0 Å². The highest BCUT2D eigenvalue weighted by Crippen LogP contribution is 2.32. The molecule has 27 heavy (non-hydrogen) atoms. The average molecular weight is 370 g/mol. The van der Waals surface area contributed by atoms with E-state index in [0.717, 1.165) is 35.5 Å². The maximum absolute atomic E-state index is 13.3. The maximum atomic E-state index is 13.3. The van der Waals surface area contributed by atoms with Crippen LogP contribution in [0.3, 0.4) is 0 Å². The second kappa shape index (κ2) is 7.56. The first kappa shape index (κ1) is 17.8. The van der Waals surface area contributed by atoms with Crippen molar-refractivity contribution in [3.63, 3.8) is 0 Å². The van der Waals surface area contributed by atoms with Crippen LogP contribution >= 0.6 is 0 Å². The van der Waals surface area contributed by atoms with Crippen LogP contribution in [0, 0.1) is 5.82 Å². The van der Waals surface area contributed by atoms with Crippen LogP contribution in [-0.4, -0.2) is 37.1 Å². The zero-order chi connectivity index (χ0) is 18.8. The van der Waals surface area contributed by atoms with E-state index in [1.165, 1.54) is 12.1 Å². The van der Waals surface area contributed by atoms with Gasteiger partial charge in [-0.15, -0.1) is 0 Å². The fraction of sp³-hybridized carbons (Fsp3) is 0.381. The van der Waals surface area contributed by atoms with E-state index < -0.39 is 6.04 Å². The Bertz CT molecular complexity index is 821. The minimum Gasteiger partial charge on any atom is -0.486 e. The van der Waals surface area contributed by atoms with Gasteiger partial charge in [0, 0.05) is 12.6 Å². The van der Waals surface area contributed by atoms with Gasteiger partial charge in [0.2, 0.25) is 5.91 Å². The molecule has 1 unspecified atom stereocenters. The standard InChI is InChI=1S/C21H23FN2O3/c1-24(13-14-2-9-18-19(12-14)27-11-10-26-18)20(21(25)23-17-7-8-17)15-3-5-16(22)6-4-15/h2-6,9,12,17,20H,7-8,10-11,13H2,1H3,(H,23,25). The molecule has 5 nitrogen and oxygen atoms in total. The Morgan fingerprint density at radius 3 is 2.56 bits per heavy atom. The first-order valence-corrected chi connectivity index (χ1v) is 9.25. The smallest absolute Gasteiger partial charge is 0.242 e. The highest BCUT2D eigenvalue weighted by atomic mass is 19.1. The number of carbonyl (C=O) groups is 1. The molecule has 0 radical (unpaired) electrons. The molecule has 1 fully saturated rings. The molecule has 2 aliphatic rings. The van der Waals surface area contributed by atoms with Crippen molar-refractivity contribution in [2.75, 3.05) is 20.3 Å². The van der Waals surface area contributed by atoms with Gasteiger partial charge in [0.1, 0.15) is 25.1 Å². The molecule has 1 heterocycles. The van der Waals surface area contributed by atoms with Crippen molar-refractivity contribution in [1.82, 2.24) is 10.2 Å². The molecule has 1 amide bonds. The van der Waals surface area contributed by atoms with Crippen molar-refractivity contribution in [2.45, 2.75) is 31.5 Å². The SMILES string of the molecule is CN(Cc1ccc2c(c1)OCCO2)C(C(=O)NC1CC1)c1ccc(F)cc1.